The molecule has 2 rings (SSSR count). The summed E-state index contributed by atoms with van der Waals surface area (Å²) < 4.78 is 52.1. The summed E-state index contributed by atoms with van der Waals surface area (Å²) in [7, 11) is 1.18. The van der Waals surface area contributed by atoms with Crippen molar-refractivity contribution in [3.63, 3.8) is 0 Å². The van der Waals surface area contributed by atoms with Gasteiger partial charge in [0.15, 0.2) is 11.5 Å². The number of rotatable bonds is 4. The number of allylic oxidation sites excluding steroid dienone is 1. The van der Waals surface area contributed by atoms with Crippen LogP contribution in [0.2, 0.25) is 10.2 Å². The minimum Gasteiger partial charge on any atom is -0.442 e. The van der Waals surface area contributed by atoms with Gasteiger partial charge in [0.05, 0.1) is 11.0 Å². The van der Waals surface area contributed by atoms with E-state index < -0.39 is 45.5 Å². The van der Waals surface area contributed by atoms with E-state index in [0.29, 0.717) is 5.02 Å². The van der Waals surface area contributed by atoms with Crippen LogP contribution < -0.4 is 4.74 Å². The van der Waals surface area contributed by atoms with Crippen LogP contribution in [0.15, 0.2) is 30.0 Å². The van der Waals surface area contributed by atoms with Crippen LogP contribution in [0.4, 0.5) is 13.2 Å². The summed E-state index contributed by atoms with van der Waals surface area (Å²) in [5, 5.41) is 12.8. The Morgan fingerprint density at radius 1 is 1.17 bits per heavy atom. The van der Waals surface area contributed by atoms with Crippen molar-refractivity contribution >= 4 is 34.9 Å². The number of esters is 1. The summed E-state index contributed by atoms with van der Waals surface area (Å²) >= 11 is 11.8. The third kappa shape index (κ3) is 5.26. The lowest BCUT2D eigenvalue weighted by Crippen LogP contribution is -2.24. The number of aromatic nitrogens is 2. The number of nitrogens with zero attached hydrogens (tertiary/aromatic N) is 3. The topological polar surface area (TPSA) is 77.1 Å². The molecule has 0 radical (unpaired) electrons. The molecule has 0 saturated carbocycles. The maximum absolute atomic E-state index is 13.6. The molecule has 0 aliphatic heterocycles. The zero-order valence-electron chi connectivity index (χ0n) is 16.3. The van der Waals surface area contributed by atoms with Crippen molar-refractivity contribution in [2.45, 2.75) is 26.9 Å². The van der Waals surface area contributed by atoms with Crippen LogP contribution >= 0.6 is 23.2 Å². The van der Waals surface area contributed by atoms with E-state index in [4.69, 9.17) is 32.7 Å². The summed E-state index contributed by atoms with van der Waals surface area (Å²) in [6, 6.07) is 7.29. The van der Waals surface area contributed by atoms with Crippen LogP contribution in [0.25, 0.3) is 5.76 Å². The van der Waals surface area contributed by atoms with Crippen LogP contribution in [-0.2, 0) is 22.8 Å². The van der Waals surface area contributed by atoms with Crippen molar-refractivity contribution in [3.05, 3.63) is 51.5 Å². The molecule has 0 fully saturated rings. The van der Waals surface area contributed by atoms with Gasteiger partial charge >= 0.3 is 12.1 Å². The number of ether oxygens (including phenoxy) is 2. The van der Waals surface area contributed by atoms with Crippen molar-refractivity contribution in [3.8, 4) is 11.8 Å². The molecule has 1 aromatic heterocycles. The number of nitriles is 1. The van der Waals surface area contributed by atoms with Crippen LogP contribution in [0.5, 0.6) is 5.75 Å². The lowest BCUT2D eigenvalue weighted by Gasteiger charge is -2.19. The lowest BCUT2D eigenvalue weighted by molar-refractivity contribution is -0.147. The molecular formula is C19H16Cl2F3N3O3. The molecular weight excluding hydrogens is 446 g/mol. The maximum Gasteiger partial charge on any atom is 0.435 e. The Balaban J connectivity index is 2.75. The molecule has 6 nitrogen and oxygen atoms in total. The predicted molar refractivity (Wildman–Crippen MR) is 103 cm³/mol. The molecule has 0 atom stereocenters. The number of hydrogen-bond acceptors (Lipinski definition) is 5. The van der Waals surface area contributed by atoms with E-state index in [2.05, 4.69) is 5.10 Å². The zero-order valence-corrected chi connectivity index (χ0v) is 17.8. The minimum absolute atomic E-state index is 0.0776. The highest BCUT2D eigenvalue weighted by molar-refractivity contribution is 6.31. The fraction of sp³-hybridized carbons (Fsp3) is 0.316. The molecule has 11 heteroatoms. The summed E-state index contributed by atoms with van der Waals surface area (Å²) in [4.78, 5) is 12.5. The van der Waals surface area contributed by atoms with E-state index in [9.17, 15) is 23.2 Å². The van der Waals surface area contributed by atoms with Crippen molar-refractivity contribution < 1.29 is 27.4 Å². The first-order chi connectivity index (χ1) is 13.8. The SMILES string of the molecule is Cn1nc(C(F)(F)F)c(C(OC(=O)C(C)(C)C)=C(C#N)Oc2ccc(Cl)cc2)c1Cl. The van der Waals surface area contributed by atoms with Crippen molar-refractivity contribution in [2.24, 2.45) is 12.5 Å². The highest BCUT2D eigenvalue weighted by Gasteiger charge is 2.42. The summed E-state index contributed by atoms with van der Waals surface area (Å²) in [6.45, 7) is 4.48. The molecule has 0 aliphatic rings. The van der Waals surface area contributed by atoms with E-state index in [1.54, 1.807) is 6.07 Å². The highest BCUT2D eigenvalue weighted by Crippen LogP contribution is 2.40. The number of hydrogen-bond donors (Lipinski definition) is 0. The molecule has 0 bridgehead atoms. The minimum atomic E-state index is -4.94. The van der Waals surface area contributed by atoms with E-state index in [1.807, 2.05) is 0 Å². The van der Waals surface area contributed by atoms with E-state index in [-0.39, 0.29) is 5.75 Å². The number of carbonyl (C=O) groups is 1. The van der Waals surface area contributed by atoms with Crippen LogP contribution in [0.3, 0.4) is 0 Å². The number of aryl methyl sites for hydroxylation is 1. The van der Waals surface area contributed by atoms with Gasteiger partial charge in [-0.15, -0.1) is 0 Å². The lowest BCUT2D eigenvalue weighted by atomic mass is 9.97. The second-order valence-corrected chi connectivity index (χ2v) is 7.90. The van der Waals surface area contributed by atoms with Gasteiger partial charge in [-0.1, -0.05) is 23.2 Å². The molecule has 30 heavy (non-hydrogen) atoms. The Morgan fingerprint density at radius 2 is 1.73 bits per heavy atom. The highest BCUT2D eigenvalue weighted by atomic mass is 35.5. The normalized spacial score (nSPS) is 12.8. The van der Waals surface area contributed by atoms with Crippen LogP contribution in [-0.4, -0.2) is 15.7 Å². The average molecular weight is 462 g/mol. The van der Waals surface area contributed by atoms with Gasteiger partial charge in [0.1, 0.15) is 17.0 Å². The van der Waals surface area contributed by atoms with Gasteiger partial charge in [0.2, 0.25) is 5.76 Å². The first-order valence-corrected chi connectivity index (χ1v) is 9.11. The molecule has 160 valence electrons. The number of carbonyl (C=O) groups excluding carboxylic acids is 1. The Labute approximate surface area is 180 Å². The summed E-state index contributed by atoms with van der Waals surface area (Å²) in [5.41, 5.74) is -3.31. The van der Waals surface area contributed by atoms with Gasteiger partial charge in [0.25, 0.3) is 0 Å². The number of benzene rings is 1. The van der Waals surface area contributed by atoms with Crippen LogP contribution in [0, 0.1) is 16.7 Å². The molecule has 1 heterocycles. The molecule has 2 aromatic rings. The average Bonchev–Trinajstić information content (AvgIpc) is 2.94. The van der Waals surface area contributed by atoms with Gasteiger partial charge in [-0.2, -0.15) is 23.5 Å². The quantitative estimate of drug-likeness (QED) is 0.336. The first-order valence-electron chi connectivity index (χ1n) is 8.35. The molecule has 0 spiro atoms. The number of halogens is 5. The van der Waals surface area contributed by atoms with E-state index in [0.717, 1.165) is 4.68 Å². The molecule has 0 N–H and O–H groups in total. The Morgan fingerprint density at radius 3 is 2.20 bits per heavy atom. The third-order valence-corrected chi connectivity index (χ3v) is 4.31. The largest absolute Gasteiger partial charge is 0.442 e. The molecule has 1 aromatic carbocycles. The van der Waals surface area contributed by atoms with Gasteiger partial charge in [-0.3, -0.25) is 9.48 Å². The Bertz CT molecular complexity index is 1030. The summed E-state index contributed by atoms with van der Waals surface area (Å²) in [5.74, 6) is -2.33. The van der Waals surface area contributed by atoms with Crippen LogP contribution in [0.1, 0.15) is 32.0 Å². The Kier molecular flexibility index (Phi) is 6.74. The molecule has 0 unspecified atom stereocenters. The fourth-order valence-corrected chi connectivity index (χ4v) is 2.44. The van der Waals surface area contributed by atoms with Crippen molar-refractivity contribution in [1.82, 2.24) is 9.78 Å². The van der Waals surface area contributed by atoms with Gasteiger partial charge in [0, 0.05) is 12.1 Å². The van der Waals surface area contributed by atoms with E-state index in [1.165, 1.54) is 52.1 Å². The monoisotopic (exact) mass is 461 g/mol. The van der Waals surface area contributed by atoms with Gasteiger partial charge < -0.3 is 9.47 Å². The molecule has 0 saturated heterocycles. The van der Waals surface area contributed by atoms with Crippen molar-refractivity contribution in [2.75, 3.05) is 0 Å². The fourth-order valence-electron chi connectivity index (χ4n) is 2.10. The zero-order chi connectivity index (χ0) is 22.9. The second-order valence-electron chi connectivity index (χ2n) is 7.10. The molecule has 0 amide bonds. The smallest absolute Gasteiger partial charge is 0.435 e. The van der Waals surface area contributed by atoms with Gasteiger partial charge in [-0.05, 0) is 45.0 Å². The van der Waals surface area contributed by atoms with E-state index >= 15 is 0 Å². The second kappa shape index (κ2) is 8.58. The predicted octanol–water partition coefficient (Wildman–Crippen LogP) is 5.61. The summed E-state index contributed by atoms with van der Waals surface area (Å²) in [6.07, 6.45) is -4.94. The number of alkyl halides is 3. The molecule has 0 aliphatic carbocycles. The Hall–Kier alpha value is -2.70. The van der Waals surface area contributed by atoms with Crippen molar-refractivity contribution in [1.29, 1.82) is 5.26 Å². The third-order valence-electron chi connectivity index (χ3n) is 3.62. The van der Waals surface area contributed by atoms with Gasteiger partial charge in [-0.25, -0.2) is 0 Å². The maximum atomic E-state index is 13.6. The first kappa shape index (κ1) is 23.6. The standard InChI is InChI=1S/C19H16Cl2F3N3O3/c1-18(2,3)17(28)30-14(12(9-25)29-11-7-5-10(20)6-8-11)13-15(19(22,23)24)26-27(4)16(13)21/h5-8H,1-4H3.